The molecule has 1 unspecified atom stereocenters. The third-order valence-electron chi connectivity index (χ3n) is 4.28. The number of thiophene rings is 1. The van der Waals surface area contributed by atoms with Crippen molar-refractivity contribution >= 4 is 54.8 Å². The predicted molar refractivity (Wildman–Crippen MR) is 112 cm³/mol. The molecule has 3 aromatic heterocycles. The molecule has 11 heteroatoms. The lowest BCUT2D eigenvalue weighted by molar-refractivity contribution is 0.122. The van der Waals surface area contributed by atoms with E-state index in [2.05, 4.69) is 16.0 Å². The first-order valence-electron chi connectivity index (χ1n) is 8.41. The number of nitrogens with two attached hydrogens (primary N) is 1. The normalized spacial score (nSPS) is 16.3. The van der Waals surface area contributed by atoms with Gasteiger partial charge in [-0.25, -0.2) is 23.5 Å². The summed E-state index contributed by atoms with van der Waals surface area (Å²) < 4.78 is 20.0. The minimum absolute atomic E-state index is 0.500. The van der Waals surface area contributed by atoms with Crippen LogP contribution in [0.15, 0.2) is 12.3 Å². The molecular formula is C16H20N6O2S3. The summed E-state index contributed by atoms with van der Waals surface area (Å²) in [5.41, 5.74) is 6.68. The number of hydrogen-bond donors (Lipinski definition) is 1. The molecule has 0 spiro atoms. The van der Waals surface area contributed by atoms with Crippen molar-refractivity contribution in [1.29, 1.82) is 0 Å². The van der Waals surface area contributed by atoms with E-state index in [1.807, 2.05) is 7.05 Å². The summed E-state index contributed by atoms with van der Waals surface area (Å²) in [4.78, 5) is 17.9. The minimum Gasteiger partial charge on any atom is -0.378 e. The van der Waals surface area contributed by atoms with E-state index in [1.165, 1.54) is 11.3 Å². The first-order valence-corrected chi connectivity index (χ1v) is 11.6. The Bertz CT molecular complexity index is 982. The lowest BCUT2D eigenvalue weighted by Gasteiger charge is -2.28. The highest BCUT2D eigenvalue weighted by Gasteiger charge is 2.21. The molecule has 1 atom stereocenters. The van der Waals surface area contributed by atoms with Crippen molar-refractivity contribution in [3.8, 4) is 10.7 Å². The highest BCUT2D eigenvalue weighted by molar-refractivity contribution is 7.81. The fourth-order valence-corrected chi connectivity index (χ4v) is 5.03. The highest BCUT2D eigenvalue weighted by atomic mass is 32.2. The molecule has 1 aliphatic heterocycles. The Kier molecular flexibility index (Phi) is 5.37. The van der Waals surface area contributed by atoms with Gasteiger partial charge in [-0.15, -0.1) is 11.3 Å². The number of hydrogen-bond acceptors (Lipinski definition) is 9. The van der Waals surface area contributed by atoms with E-state index in [0.29, 0.717) is 30.7 Å². The zero-order chi connectivity index (χ0) is 19.0. The molecule has 0 aromatic carbocycles. The fourth-order valence-electron chi connectivity index (χ4n) is 2.84. The maximum Gasteiger partial charge on any atom is 0.180 e. The van der Waals surface area contributed by atoms with Gasteiger partial charge in [0.05, 0.1) is 45.5 Å². The van der Waals surface area contributed by atoms with Crippen LogP contribution in [-0.2, 0) is 22.3 Å². The molecule has 1 aliphatic rings. The van der Waals surface area contributed by atoms with Crippen LogP contribution in [0.5, 0.6) is 0 Å². The topological polar surface area (TPSA) is 97.5 Å². The van der Waals surface area contributed by atoms with E-state index in [1.54, 1.807) is 28.1 Å². The average molecular weight is 425 g/mol. The van der Waals surface area contributed by atoms with Crippen LogP contribution in [0.2, 0.25) is 0 Å². The van der Waals surface area contributed by atoms with Gasteiger partial charge in [0, 0.05) is 37.8 Å². The lowest BCUT2D eigenvalue weighted by atomic mass is 10.3. The second-order valence-electron chi connectivity index (χ2n) is 6.17. The van der Waals surface area contributed by atoms with Crippen LogP contribution < -0.4 is 10.6 Å². The quantitative estimate of drug-likeness (QED) is 0.668. The monoisotopic (exact) mass is 424 g/mol. The van der Waals surface area contributed by atoms with E-state index in [-0.39, 0.29) is 0 Å². The smallest absolute Gasteiger partial charge is 0.180 e. The molecule has 0 radical (unpaired) electrons. The molecule has 0 aliphatic carbocycles. The molecule has 4 rings (SSSR count). The van der Waals surface area contributed by atoms with Gasteiger partial charge < -0.3 is 15.4 Å². The molecular weight excluding hydrogens is 404 g/mol. The van der Waals surface area contributed by atoms with Gasteiger partial charge in [0.15, 0.2) is 16.8 Å². The average Bonchev–Trinajstić information content (AvgIpc) is 3.27. The zero-order valence-electron chi connectivity index (χ0n) is 15.0. The van der Waals surface area contributed by atoms with E-state index >= 15 is 0 Å². The summed E-state index contributed by atoms with van der Waals surface area (Å²) in [6.07, 6.45) is 3.39. The maximum atomic E-state index is 11.7. The van der Waals surface area contributed by atoms with Gasteiger partial charge >= 0.3 is 0 Å². The summed E-state index contributed by atoms with van der Waals surface area (Å²) in [7, 11) is 0.831. The SMILES string of the molecule is CN(Cc1cc2nc(-c3cnc(N)s3)nc(N3CCOCC3)c2s1)S(C)=O. The van der Waals surface area contributed by atoms with Gasteiger partial charge in [-0.05, 0) is 6.07 Å². The predicted octanol–water partition coefficient (Wildman–Crippen LogP) is 1.96. The first-order chi connectivity index (χ1) is 13.0. The van der Waals surface area contributed by atoms with Crippen LogP contribution in [0.25, 0.3) is 20.9 Å². The molecule has 144 valence electrons. The largest absolute Gasteiger partial charge is 0.378 e. The number of ether oxygens (including phenoxy) is 1. The van der Waals surface area contributed by atoms with Crippen molar-refractivity contribution in [2.24, 2.45) is 0 Å². The Balaban J connectivity index is 1.80. The standard InChI is InChI=1S/C16H20N6O2S3/c1-21(27(2)23)9-10-7-11-13(25-10)15(22-3-5-24-6-4-22)20-14(19-11)12-8-18-16(17)26-12/h7-8H,3-6,9H2,1-2H3,(H2,17,18). The molecule has 1 saturated heterocycles. The first kappa shape index (κ1) is 18.7. The number of anilines is 2. The van der Waals surface area contributed by atoms with Crippen molar-refractivity contribution in [3.63, 3.8) is 0 Å². The van der Waals surface area contributed by atoms with E-state index in [9.17, 15) is 4.21 Å². The molecule has 3 aromatic rings. The number of aromatic nitrogens is 3. The molecule has 0 amide bonds. The van der Waals surface area contributed by atoms with Crippen LogP contribution >= 0.6 is 22.7 Å². The van der Waals surface area contributed by atoms with Crippen molar-refractivity contribution in [1.82, 2.24) is 19.3 Å². The van der Waals surface area contributed by atoms with E-state index in [4.69, 9.17) is 20.4 Å². The molecule has 0 bridgehead atoms. The second-order valence-corrected chi connectivity index (χ2v) is 9.84. The molecule has 8 nitrogen and oxygen atoms in total. The Hall–Kier alpha value is -1.66. The Morgan fingerprint density at radius 3 is 2.78 bits per heavy atom. The van der Waals surface area contributed by atoms with Crippen LogP contribution in [0.3, 0.4) is 0 Å². The summed E-state index contributed by atoms with van der Waals surface area (Å²) in [5, 5.41) is 0.500. The van der Waals surface area contributed by atoms with Crippen LogP contribution in [0.4, 0.5) is 10.9 Å². The van der Waals surface area contributed by atoms with Gasteiger partial charge in [-0.2, -0.15) is 0 Å². The zero-order valence-corrected chi connectivity index (χ0v) is 17.5. The Morgan fingerprint density at radius 2 is 2.11 bits per heavy atom. The fraction of sp³-hybridized carbons (Fsp3) is 0.438. The summed E-state index contributed by atoms with van der Waals surface area (Å²) >= 11 is 3.03. The van der Waals surface area contributed by atoms with E-state index < -0.39 is 11.0 Å². The molecule has 1 fully saturated rings. The van der Waals surface area contributed by atoms with Crippen LogP contribution in [0.1, 0.15) is 4.88 Å². The van der Waals surface area contributed by atoms with Crippen LogP contribution in [-0.4, -0.2) is 63.1 Å². The van der Waals surface area contributed by atoms with Gasteiger partial charge in [0.2, 0.25) is 0 Å². The number of rotatable bonds is 5. The van der Waals surface area contributed by atoms with Crippen molar-refractivity contribution in [2.75, 3.05) is 50.2 Å². The highest BCUT2D eigenvalue weighted by Crippen LogP contribution is 2.36. The summed E-state index contributed by atoms with van der Waals surface area (Å²) in [6, 6.07) is 2.06. The van der Waals surface area contributed by atoms with Crippen LogP contribution in [0, 0.1) is 0 Å². The Morgan fingerprint density at radius 1 is 1.33 bits per heavy atom. The number of fused-ring (bicyclic) bond motifs is 1. The van der Waals surface area contributed by atoms with Gasteiger partial charge in [-0.3, -0.25) is 0 Å². The summed E-state index contributed by atoms with van der Waals surface area (Å²) in [5.74, 6) is 1.55. The molecule has 2 N–H and O–H groups in total. The molecule has 0 saturated carbocycles. The second kappa shape index (κ2) is 7.76. The lowest BCUT2D eigenvalue weighted by Crippen LogP contribution is -2.36. The number of thiazole rings is 1. The van der Waals surface area contributed by atoms with Crippen molar-refractivity contribution in [3.05, 3.63) is 17.1 Å². The van der Waals surface area contributed by atoms with E-state index in [0.717, 1.165) is 38.9 Å². The number of nitrogen functional groups attached to an aromatic ring is 1. The third-order valence-corrected chi connectivity index (χ3v) is 7.21. The molecule has 27 heavy (non-hydrogen) atoms. The number of nitrogens with zero attached hydrogens (tertiary/aromatic N) is 5. The number of morpholine rings is 1. The Labute approximate surface area is 167 Å². The maximum absolute atomic E-state index is 11.7. The minimum atomic E-state index is -1.02. The molecule has 4 heterocycles. The van der Waals surface area contributed by atoms with Crippen molar-refractivity contribution in [2.45, 2.75) is 6.54 Å². The summed E-state index contributed by atoms with van der Waals surface area (Å²) in [6.45, 7) is 3.56. The van der Waals surface area contributed by atoms with Gasteiger partial charge in [-0.1, -0.05) is 11.3 Å². The van der Waals surface area contributed by atoms with Gasteiger partial charge in [0.25, 0.3) is 0 Å². The van der Waals surface area contributed by atoms with Crippen molar-refractivity contribution < 1.29 is 8.95 Å². The van der Waals surface area contributed by atoms with Gasteiger partial charge in [0.1, 0.15) is 0 Å². The third kappa shape index (κ3) is 3.97.